The summed E-state index contributed by atoms with van der Waals surface area (Å²) in [6.45, 7) is 9.51. The van der Waals surface area contributed by atoms with Crippen molar-refractivity contribution in [2.24, 2.45) is 0 Å². The first-order valence-corrected chi connectivity index (χ1v) is 9.80. The zero-order valence-corrected chi connectivity index (χ0v) is 17.1. The topological polar surface area (TPSA) is 57.7 Å². The van der Waals surface area contributed by atoms with Crippen LogP contribution in [-0.2, 0) is 17.8 Å². The lowest BCUT2D eigenvalue weighted by atomic mass is 10.00. The molecule has 2 aliphatic heterocycles. The highest BCUT2D eigenvalue weighted by Crippen LogP contribution is 2.21. The molecule has 2 heterocycles. The molecule has 0 N–H and O–H groups in total. The molecule has 0 aliphatic carbocycles. The summed E-state index contributed by atoms with van der Waals surface area (Å²) in [5, 5.41) is 0. The Morgan fingerprint density at radius 1 is 0.893 bits per heavy atom. The maximum Gasteiger partial charge on any atom is 0.261 e. The third kappa shape index (κ3) is 4.47. The van der Waals surface area contributed by atoms with Crippen LogP contribution in [0.4, 0.5) is 0 Å². The zero-order chi connectivity index (χ0) is 20.7. The largest absolute Gasteiger partial charge is 0.338 e. The van der Waals surface area contributed by atoms with Gasteiger partial charge in [-0.25, -0.2) is 0 Å². The summed E-state index contributed by atoms with van der Waals surface area (Å²) < 4.78 is 0. The zero-order valence-electron chi connectivity index (χ0n) is 17.1. The molecule has 0 atom stereocenters. The Labute approximate surface area is 167 Å². The quantitative estimate of drug-likeness (QED) is 0.705. The summed E-state index contributed by atoms with van der Waals surface area (Å²) in [6.07, 6.45) is 0.996. The first kappa shape index (κ1) is 21.4. The number of nitrogens with zero attached hydrogens (tertiary/aromatic N) is 2. The van der Waals surface area contributed by atoms with Crippen LogP contribution in [0.2, 0.25) is 0 Å². The second kappa shape index (κ2) is 9.83. The molecule has 2 aromatic carbocycles. The highest BCUT2D eigenvalue weighted by molar-refractivity contribution is 6.21. The fraction of sp³-hybridized carbons (Fsp3) is 0.348. The van der Waals surface area contributed by atoms with Crippen molar-refractivity contribution in [2.75, 3.05) is 13.1 Å². The van der Waals surface area contributed by atoms with Crippen molar-refractivity contribution in [1.29, 1.82) is 0 Å². The van der Waals surface area contributed by atoms with Crippen LogP contribution in [0, 0.1) is 0 Å². The number of amides is 3. The molecule has 2 aromatic rings. The molecule has 2 aliphatic rings. The summed E-state index contributed by atoms with van der Waals surface area (Å²) in [4.78, 5) is 37.4. The van der Waals surface area contributed by atoms with Crippen molar-refractivity contribution < 1.29 is 14.4 Å². The SMILES string of the molecule is CC.CC(=O)N1CCc2ccccc2C1.CCN1C(=O)c2ccccc2C1=O. The molecular formula is C23H28N2O3. The molecule has 148 valence electrons. The van der Waals surface area contributed by atoms with Gasteiger partial charge in [0.2, 0.25) is 5.91 Å². The predicted octanol–water partition coefficient (Wildman–Crippen LogP) is 3.92. The third-order valence-electron chi connectivity index (χ3n) is 4.77. The Morgan fingerprint density at radius 2 is 1.39 bits per heavy atom. The molecule has 5 nitrogen and oxygen atoms in total. The van der Waals surface area contributed by atoms with Gasteiger partial charge in [0, 0.05) is 26.6 Å². The number of hydrogen-bond donors (Lipinski definition) is 0. The van der Waals surface area contributed by atoms with E-state index >= 15 is 0 Å². The molecule has 0 unspecified atom stereocenters. The maximum atomic E-state index is 11.5. The number of benzene rings is 2. The molecule has 28 heavy (non-hydrogen) atoms. The van der Waals surface area contributed by atoms with E-state index in [0.29, 0.717) is 17.7 Å². The molecule has 0 spiro atoms. The van der Waals surface area contributed by atoms with Crippen LogP contribution < -0.4 is 0 Å². The van der Waals surface area contributed by atoms with Gasteiger partial charge in [0.15, 0.2) is 0 Å². The van der Waals surface area contributed by atoms with Crippen LogP contribution in [0.1, 0.15) is 59.5 Å². The van der Waals surface area contributed by atoms with E-state index in [-0.39, 0.29) is 17.7 Å². The lowest BCUT2D eigenvalue weighted by molar-refractivity contribution is -0.129. The normalized spacial score (nSPS) is 14.3. The Kier molecular flexibility index (Phi) is 7.50. The molecule has 0 saturated heterocycles. The summed E-state index contributed by atoms with van der Waals surface area (Å²) in [5.41, 5.74) is 3.73. The minimum absolute atomic E-state index is 0.175. The van der Waals surface area contributed by atoms with E-state index in [1.165, 1.54) is 16.0 Å². The molecule has 0 aromatic heterocycles. The molecule has 3 amide bonds. The Hall–Kier alpha value is -2.95. The number of imide groups is 1. The first-order valence-electron chi connectivity index (χ1n) is 9.80. The average molecular weight is 380 g/mol. The highest BCUT2D eigenvalue weighted by atomic mass is 16.2. The standard InChI is InChI=1S/C11H13NO.C10H9NO2.C2H6/c1-9(13)12-7-6-10-4-2-3-5-11(10)8-12;1-2-11-9(12)7-5-3-4-6-8(7)10(11)13;1-2/h2-5H,6-8H2,1H3;3-6H,2H2,1H3;1-2H3. The van der Waals surface area contributed by atoms with E-state index in [4.69, 9.17) is 0 Å². The van der Waals surface area contributed by atoms with Crippen LogP contribution >= 0.6 is 0 Å². The molecule has 0 radical (unpaired) electrons. The minimum Gasteiger partial charge on any atom is -0.338 e. The van der Waals surface area contributed by atoms with E-state index in [1.54, 1.807) is 38.1 Å². The van der Waals surface area contributed by atoms with Gasteiger partial charge < -0.3 is 4.90 Å². The summed E-state index contributed by atoms with van der Waals surface area (Å²) in [6, 6.07) is 15.2. The van der Waals surface area contributed by atoms with Crippen LogP contribution in [0.5, 0.6) is 0 Å². The van der Waals surface area contributed by atoms with Crippen LogP contribution in [-0.4, -0.2) is 40.6 Å². The molecule has 0 bridgehead atoms. The van der Waals surface area contributed by atoms with E-state index < -0.39 is 0 Å². The minimum atomic E-state index is -0.178. The third-order valence-corrected chi connectivity index (χ3v) is 4.77. The highest BCUT2D eigenvalue weighted by Gasteiger charge is 2.33. The van der Waals surface area contributed by atoms with Gasteiger partial charge >= 0.3 is 0 Å². The number of fused-ring (bicyclic) bond motifs is 2. The maximum absolute atomic E-state index is 11.5. The van der Waals surface area contributed by atoms with E-state index in [0.717, 1.165) is 19.5 Å². The molecule has 4 rings (SSSR count). The van der Waals surface area contributed by atoms with Crippen LogP contribution in [0.15, 0.2) is 48.5 Å². The number of carbonyl (C=O) groups is 3. The summed E-state index contributed by atoms with van der Waals surface area (Å²) in [7, 11) is 0. The van der Waals surface area contributed by atoms with Crippen molar-refractivity contribution in [3.8, 4) is 0 Å². The predicted molar refractivity (Wildman–Crippen MR) is 110 cm³/mol. The smallest absolute Gasteiger partial charge is 0.261 e. The fourth-order valence-electron chi connectivity index (χ4n) is 3.29. The van der Waals surface area contributed by atoms with Crippen molar-refractivity contribution in [3.05, 3.63) is 70.8 Å². The Morgan fingerprint density at radius 3 is 1.89 bits per heavy atom. The van der Waals surface area contributed by atoms with Gasteiger partial charge in [-0.3, -0.25) is 19.3 Å². The lowest BCUT2D eigenvalue weighted by Gasteiger charge is -2.27. The van der Waals surface area contributed by atoms with Crippen molar-refractivity contribution in [1.82, 2.24) is 9.80 Å². The monoisotopic (exact) mass is 380 g/mol. The number of carbonyl (C=O) groups excluding carboxylic acids is 3. The van der Waals surface area contributed by atoms with E-state index in [2.05, 4.69) is 18.2 Å². The van der Waals surface area contributed by atoms with Gasteiger partial charge in [-0.15, -0.1) is 0 Å². The Balaban J connectivity index is 0.000000184. The van der Waals surface area contributed by atoms with Gasteiger partial charge in [-0.2, -0.15) is 0 Å². The summed E-state index contributed by atoms with van der Waals surface area (Å²) >= 11 is 0. The van der Waals surface area contributed by atoms with Gasteiger partial charge in [-0.05, 0) is 36.6 Å². The fourth-order valence-corrected chi connectivity index (χ4v) is 3.29. The second-order valence-corrected chi connectivity index (χ2v) is 6.36. The van der Waals surface area contributed by atoms with Gasteiger partial charge in [0.1, 0.15) is 0 Å². The van der Waals surface area contributed by atoms with E-state index in [9.17, 15) is 14.4 Å². The van der Waals surface area contributed by atoms with Crippen LogP contribution in [0.3, 0.4) is 0 Å². The first-order chi connectivity index (χ1) is 13.5. The van der Waals surface area contributed by atoms with Crippen molar-refractivity contribution >= 4 is 17.7 Å². The van der Waals surface area contributed by atoms with Crippen molar-refractivity contribution in [3.63, 3.8) is 0 Å². The number of hydrogen-bond acceptors (Lipinski definition) is 3. The Bertz CT molecular complexity index is 825. The van der Waals surface area contributed by atoms with Crippen molar-refractivity contribution in [2.45, 2.75) is 40.7 Å². The second-order valence-electron chi connectivity index (χ2n) is 6.36. The van der Waals surface area contributed by atoms with Gasteiger partial charge in [0.05, 0.1) is 11.1 Å². The molecule has 5 heteroatoms. The summed E-state index contributed by atoms with van der Waals surface area (Å²) in [5.74, 6) is -0.180. The molecular weight excluding hydrogens is 352 g/mol. The lowest BCUT2D eigenvalue weighted by Crippen LogP contribution is -2.34. The number of rotatable bonds is 1. The van der Waals surface area contributed by atoms with Crippen LogP contribution in [0.25, 0.3) is 0 Å². The average Bonchev–Trinajstić information content (AvgIpc) is 2.99. The molecule has 0 saturated carbocycles. The van der Waals surface area contributed by atoms with Gasteiger partial charge in [-0.1, -0.05) is 50.2 Å². The van der Waals surface area contributed by atoms with E-state index in [1.807, 2.05) is 24.8 Å². The molecule has 0 fully saturated rings. The van der Waals surface area contributed by atoms with Gasteiger partial charge in [0.25, 0.3) is 11.8 Å².